The van der Waals surface area contributed by atoms with E-state index < -0.39 is 0 Å². The Bertz CT molecular complexity index is 2130. The average molecular weight is 684 g/mol. The van der Waals surface area contributed by atoms with Gasteiger partial charge in [-0.25, -0.2) is 0 Å². The molecule has 5 aromatic carbocycles. The number of hydrazine groups is 1. The van der Waals surface area contributed by atoms with Gasteiger partial charge in [0, 0.05) is 6.04 Å². The van der Waals surface area contributed by atoms with E-state index in [2.05, 4.69) is 172 Å². The van der Waals surface area contributed by atoms with E-state index in [1.807, 2.05) is 26.0 Å². The average Bonchev–Trinajstić information content (AvgIpc) is 3.20. The molecule has 52 heavy (non-hydrogen) atoms. The summed E-state index contributed by atoms with van der Waals surface area (Å²) in [6.07, 6.45) is 21.8. The molecule has 5 aromatic rings. The van der Waals surface area contributed by atoms with E-state index in [4.69, 9.17) is 11.6 Å². The van der Waals surface area contributed by atoms with Crippen molar-refractivity contribution in [3.63, 3.8) is 0 Å². The van der Waals surface area contributed by atoms with Crippen LogP contribution in [0.15, 0.2) is 174 Å². The Morgan fingerprint density at radius 3 is 1.88 bits per heavy atom. The molecule has 0 aromatic heterocycles. The number of hydrogen-bond donors (Lipinski definition) is 3. The molecular weight excluding hydrogens is 631 g/mol. The predicted octanol–water partition coefficient (Wildman–Crippen LogP) is 11.8. The summed E-state index contributed by atoms with van der Waals surface area (Å²) in [7, 11) is 0. The summed E-state index contributed by atoms with van der Waals surface area (Å²) in [6, 6.07) is 36.4. The van der Waals surface area contributed by atoms with Crippen molar-refractivity contribution in [3.8, 4) is 0 Å². The van der Waals surface area contributed by atoms with E-state index in [9.17, 15) is 0 Å². The van der Waals surface area contributed by atoms with Crippen LogP contribution < -0.4 is 17.0 Å². The molecule has 0 spiro atoms. The Balaban J connectivity index is 0.000000177. The second kappa shape index (κ2) is 18.7. The lowest BCUT2D eigenvalue weighted by Gasteiger charge is -2.22. The van der Waals surface area contributed by atoms with Gasteiger partial charge in [0.15, 0.2) is 0 Å². The molecule has 0 fully saturated rings. The maximum atomic E-state index is 6.25. The van der Waals surface area contributed by atoms with Gasteiger partial charge in [0.1, 0.15) is 0 Å². The molecule has 0 aliphatic heterocycles. The molecule has 3 aliphatic carbocycles. The van der Waals surface area contributed by atoms with Crippen molar-refractivity contribution in [2.45, 2.75) is 59.9 Å². The largest absolute Gasteiger partial charge is 0.324 e. The minimum Gasteiger partial charge on any atom is -0.324 e. The van der Waals surface area contributed by atoms with E-state index in [0.717, 1.165) is 25.0 Å². The van der Waals surface area contributed by atoms with Gasteiger partial charge in [-0.3, -0.25) is 5.84 Å². The third-order valence-corrected chi connectivity index (χ3v) is 9.75. The van der Waals surface area contributed by atoms with Gasteiger partial charge in [-0.05, 0) is 118 Å². The van der Waals surface area contributed by atoms with Gasteiger partial charge in [-0.1, -0.05) is 166 Å². The molecule has 0 heterocycles. The Hall–Kier alpha value is -5.48. The highest BCUT2D eigenvalue weighted by molar-refractivity contribution is 5.86. The van der Waals surface area contributed by atoms with Crippen molar-refractivity contribution in [3.05, 3.63) is 202 Å². The van der Waals surface area contributed by atoms with Gasteiger partial charge in [0.25, 0.3) is 0 Å². The Morgan fingerprint density at radius 1 is 0.692 bits per heavy atom. The Morgan fingerprint density at radius 2 is 1.31 bits per heavy atom. The van der Waals surface area contributed by atoms with Crippen molar-refractivity contribution in [1.82, 2.24) is 5.43 Å². The zero-order chi connectivity index (χ0) is 36.9. The first-order valence-electron chi connectivity index (χ1n) is 18.5. The molecule has 5 N–H and O–H groups in total. The number of allylic oxidation sites excluding steroid dienone is 9. The summed E-state index contributed by atoms with van der Waals surface area (Å²) in [5.74, 6) is 5.88. The molecule has 0 saturated carbocycles. The fourth-order valence-electron chi connectivity index (χ4n) is 6.89. The molecule has 3 aliphatic rings. The molecule has 3 heteroatoms. The Labute approximate surface area is 311 Å². The SMILES string of the molecule is C/C(=C1/C=CC=CC1N)c1ccc2c(c1)CCC(/C(NN)=C1\C=CC=CC1)=C2.CC.Cc1cccc2ccccc12.Cc1cccc2ccccc12. The molecule has 0 bridgehead atoms. The second-order valence-corrected chi connectivity index (χ2v) is 13.1. The Kier molecular flexibility index (Phi) is 13.6. The maximum Gasteiger partial charge on any atom is 0.0552 e. The molecule has 3 nitrogen and oxygen atoms in total. The van der Waals surface area contributed by atoms with Gasteiger partial charge in [-0.15, -0.1) is 0 Å². The first kappa shape index (κ1) is 37.8. The summed E-state index contributed by atoms with van der Waals surface area (Å²) < 4.78 is 0. The molecule has 0 amide bonds. The normalized spacial score (nSPS) is 17.4. The molecular formula is C49H53N3. The van der Waals surface area contributed by atoms with Crippen LogP contribution in [0.1, 0.15) is 61.4 Å². The summed E-state index contributed by atoms with van der Waals surface area (Å²) in [5, 5.41) is 5.37. The fraction of sp³-hybridized carbons (Fsp3) is 0.184. The monoisotopic (exact) mass is 683 g/mol. The lowest BCUT2D eigenvalue weighted by atomic mass is 9.86. The van der Waals surface area contributed by atoms with Gasteiger partial charge < -0.3 is 11.2 Å². The van der Waals surface area contributed by atoms with E-state index in [-0.39, 0.29) is 6.04 Å². The van der Waals surface area contributed by atoms with E-state index in [1.165, 1.54) is 71.7 Å². The highest BCUT2D eigenvalue weighted by atomic mass is 15.2. The van der Waals surface area contributed by atoms with Crippen LogP contribution in [-0.2, 0) is 6.42 Å². The number of fused-ring (bicyclic) bond motifs is 3. The predicted molar refractivity (Wildman–Crippen MR) is 228 cm³/mol. The number of benzene rings is 5. The number of nitrogens with two attached hydrogens (primary N) is 2. The minimum absolute atomic E-state index is 0.0325. The van der Waals surface area contributed by atoms with Crippen LogP contribution in [0.2, 0.25) is 0 Å². The zero-order valence-corrected chi connectivity index (χ0v) is 31.4. The lowest BCUT2D eigenvalue weighted by Crippen LogP contribution is -2.25. The number of hydrogen-bond acceptors (Lipinski definition) is 3. The van der Waals surface area contributed by atoms with Crippen LogP contribution in [0.4, 0.5) is 0 Å². The topological polar surface area (TPSA) is 64.1 Å². The van der Waals surface area contributed by atoms with Crippen molar-refractivity contribution in [1.29, 1.82) is 0 Å². The van der Waals surface area contributed by atoms with Crippen LogP contribution in [-0.4, -0.2) is 6.04 Å². The van der Waals surface area contributed by atoms with Crippen LogP contribution in [0, 0.1) is 13.8 Å². The summed E-state index contributed by atoms with van der Waals surface area (Å²) >= 11 is 0. The molecule has 1 unspecified atom stereocenters. The van der Waals surface area contributed by atoms with Crippen molar-refractivity contribution in [2.75, 3.05) is 0 Å². The third kappa shape index (κ3) is 9.24. The van der Waals surface area contributed by atoms with Crippen molar-refractivity contribution < 1.29 is 0 Å². The van der Waals surface area contributed by atoms with Crippen LogP contribution in [0.25, 0.3) is 33.2 Å². The van der Waals surface area contributed by atoms with Gasteiger partial charge in [0.2, 0.25) is 0 Å². The number of rotatable bonds is 3. The summed E-state index contributed by atoms with van der Waals surface area (Å²) in [6.45, 7) is 10.4. The van der Waals surface area contributed by atoms with Crippen LogP contribution in [0.3, 0.4) is 0 Å². The van der Waals surface area contributed by atoms with E-state index >= 15 is 0 Å². The molecule has 8 rings (SSSR count). The van der Waals surface area contributed by atoms with E-state index in [0.29, 0.717) is 0 Å². The standard InChI is InChI=1S/C25H27N3.2C11H10.C2H6/c1-17(23-9-5-6-10-24(23)26)19-11-12-21-16-22(14-13-20(21)15-19)25(28-27)18-7-3-2-4-8-18;2*1-9-5-4-7-10-6-2-3-8-11(9)10;1-2/h2-7,9-12,15-16,24,28H,8,13-14,26-27H2,1H3;2*2-8H,1H3;1-2H3/b23-17+,25-18-;;;. The molecule has 0 saturated heterocycles. The highest BCUT2D eigenvalue weighted by Gasteiger charge is 2.18. The lowest BCUT2D eigenvalue weighted by molar-refractivity contribution is 0.826. The van der Waals surface area contributed by atoms with Crippen molar-refractivity contribution >= 4 is 33.2 Å². The van der Waals surface area contributed by atoms with Gasteiger partial charge >= 0.3 is 0 Å². The molecule has 1 atom stereocenters. The van der Waals surface area contributed by atoms with Crippen molar-refractivity contribution in [2.24, 2.45) is 11.6 Å². The maximum absolute atomic E-state index is 6.25. The minimum atomic E-state index is -0.0325. The smallest absolute Gasteiger partial charge is 0.0552 e. The number of aryl methyl sites for hydroxylation is 3. The zero-order valence-electron chi connectivity index (χ0n) is 31.4. The summed E-state index contributed by atoms with van der Waals surface area (Å²) in [4.78, 5) is 0. The fourth-order valence-corrected chi connectivity index (χ4v) is 6.89. The summed E-state index contributed by atoms with van der Waals surface area (Å²) in [5.41, 5.74) is 21.8. The highest BCUT2D eigenvalue weighted by Crippen LogP contribution is 2.33. The van der Waals surface area contributed by atoms with Gasteiger partial charge in [-0.2, -0.15) is 0 Å². The molecule has 0 radical (unpaired) electrons. The second-order valence-electron chi connectivity index (χ2n) is 13.1. The van der Waals surface area contributed by atoms with Crippen LogP contribution in [0.5, 0.6) is 0 Å². The van der Waals surface area contributed by atoms with Gasteiger partial charge in [0.05, 0.1) is 5.70 Å². The van der Waals surface area contributed by atoms with E-state index in [1.54, 1.807) is 0 Å². The first-order valence-corrected chi connectivity index (χ1v) is 18.5. The third-order valence-electron chi connectivity index (χ3n) is 9.75. The van der Waals surface area contributed by atoms with Crippen LogP contribution >= 0.6 is 0 Å². The number of nitrogens with one attached hydrogen (secondary N) is 1. The molecule has 264 valence electrons. The first-order chi connectivity index (χ1) is 25.4. The quantitative estimate of drug-likeness (QED) is 0.131.